The van der Waals surface area contributed by atoms with E-state index in [9.17, 15) is 9.82 Å². The molecule has 0 unspecified atom stereocenters. The monoisotopic (exact) mass is 285 g/mol. The van der Waals surface area contributed by atoms with Gasteiger partial charge in [-0.15, -0.1) is 0 Å². The Hall–Kier alpha value is -2.12. The minimum atomic E-state index is -0.883. The molecule has 21 heavy (non-hydrogen) atoms. The molecular weight excluding hydrogens is 269 g/mol. The minimum absolute atomic E-state index is 0.167. The van der Waals surface area contributed by atoms with Crippen molar-refractivity contribution in [3.05, 3.63) is 46.3 Å². The van der Waals surface area contributed by atoms with Crippen molar-refractivity contribution in [1.82, 2.24) is 15.5 Å². The Morgan fingerprint density at radius 3 is 3.05 bits per heavy atom. The van der Waals surface area contributed by atoms with Crippen LogP contribution in [0, 0.1) is 13.8 Å². The second-order valence-electron chi connectivity index (χ2n) is 5.18. The van der Waals surface area contributed by atoms with Gasteiger partial charge in [-0.3, -0.25) is 9.89 Å². The quantitative estimate of drug-likeness (QED) is 0.702. The van der Waals surface area contributed by atoms with Gasteiger partial charge in [0, 0.05) is 11.3 Å². The summed E-state index contributed by atoms with van der Waals surface area (Å²) in [6.07, 6.45) is 0. The summed E-state index contributed by atoms with van der Waals surface area (Å²) < 4.78 is 5.12. The smallest absolute Gasteiger partial charge is 0.423 e. The van der Waals surface area contributed by atoms with Crippen LogP contribution in [0.5, 0.6) is 0 Å². The predicted octanol–water partition coefficient (Wildman–Crippen LogP) is 0.174. The number of aromatic nitrogens is 2. The molecule has 3 rings (SSSR count). The van der Waals surface area contributed by atoms with E-state index in [1.807, 2.05) is 13.8 Å². The van der Waals surface area contributed by atoms with Gasteiger partial charge in [-0.25, -0.2) is 0 Å². The zero-order valence-corrected chi connectivity index (χ0v) is 11.9. The highest BCUT2D eigenvalue weighted by atomic mass is 16.5. The summed E-state index contributed by atoms with van der Waals surface area (Å²) in [7, 11) is -0.883. The van der Waals surface area contributed by atoms with Gasteiger partial charge in [0.25, 0.3) is 5.91 Å². The van der Waals surface area contributed by atoms with Gasteiger partial charge in [-0.1, -0.05) is 6.07 Å². The van der Waals surface area contributed by atoms with Crippen molar-refractivity contribution in [3.63, 3.8) is 0 Å². The highest BCUT2D eigenvalue weighted by Gasteiger charge is 2.27. The number of benzene rings is 1. The number of hydrogen-bond acceptors (Lipinski definition) is 4. The SMILES string of the molecule is Cc1[nH]nc(CNC(=O)c2ccc3c(c2)COB3O)c1C. The number of amides is 1. The first-order chi connectivity index (χ1) is 10.1. The van der Waals surface area contributed by atoms with Crippen molar-refractivity contribution in [2.24, 2.45) is 0 Å². The van der Waals surface area contributed by atoms with Gasteiger partial charge in [0.05, 0.1) is 18.8 Å². The third-order valence-electron chi connectivity index (χ3n) is 3.84. The van der Waals surface area contributed by atoms with Gasteiger partial charge >= 0.3 is 7.12 Å². The molecule has 2 aromatic rings. The Morgan fingerprint density at radius 1 is 1.52 bits per heavy atom. The van der Waals surface area contributed by atoms with Crippen LogP contribution in [-0.4, -0.2) is 28.2 Å². The van der Waals surface area contributed by atoms with E-state index in [-0.39, 0.29) is 5.91 Å². The van der Waals surface area contributed by atoms with E-state index in [1.54, 1.807) is 18.2 Å². The lowest BCUT2D eigenvalue weighted by molar-refractivity contribution is 0.0950. The van der Waals surface area contributed by atoms with Crippen molar-refractivity contribution in [3.8, 4) is 0 Å². The standard InChI is InChI=1S/C14H16BN3O3/c1-8-9(2)17-18-13(8)6-16-14(19)10-3-4-12-11(5-10)7-21-15(12)20/h3-5,20H,6-7H2,1-2H3,(H,16,19)(H,17,18). The van der Waals surface area contributed by atoms with Crippen molar-refractivity contribution < 1.29 is 14.5 Å². The fourth-order valence-corrected chi connectivity index (χ4v) is 2.35. The topological polar surface area (TPSA) is 87.2 Å². The Kier molecular flexibility index (Phi) is 3.53. The van der Waals surface area contributed by atoms with Crippen molar-refractivity contribution >= 4 is 18.5 Å². The van der Waals surface area contributed by atoms with Crippen LogP contribution in [0.15, 0.2) is 18.2 Å². The molecule has 0 spiro atoms. The molecule has 1 aromatic heterocycles. The number of carbonyl (C=O) groups is 1. The molecule has 0 saturated heterocycles. The minimum Gasteiger partial charge on any atom is -0.423 e. The number of aryl methyl sites for hydroxylation is 1. The summed E-state index contributed by atoms with van der Waals surface area (Å²) in [5.74, 6) is -0.167. The molecule has 0 aliphatic carbocycles. The van der Waals surface area contributed by atoms with Crippen molar-refractivity contribution in [2.45, 2.75) is 27.0 Å². The third kappa shape index (κ3) is 2.57. The van der Waals surface area contributed by atoms with Crippen LogP contribution in [-0.2, 0) is 17.8 Å². The van der Waals surface area contributed by atoms with Crippen molar-refractivity contribution in [2.75, 3.05) is 0 Å². The van der Waals surface area contributed by atoms with Gasteiger partial charge in [0.15, 0.2) is 0 Å². The van der Waals surface area contributed by atoms with E-state index in [1.165, 1.54) is 0 Å². The van der Waals surface area contributed by atoms with Crippen LogP contribution < -0.4 is 10.8 Å². The molecular formula is C14H16BN3O3. The van der Waals surface area contributed by atoms with Gasteiger partial charge in [0.1, 0.15) is 0 Å². The zero-order chi connectivity index (χ0) is 15.0. The number of nitrogens with zero attached hydrogens (tertiary/aromatic N) is 1. The van der Waals surface area contributed by atoms with E-state index in [4.69, 9.17) is 4.65 Å². The molecule has 1 aliphatic rings. The molecule has 108 valence electrons. The van der Waals surface area contributed by atoms with E-state index in [0.29, 0.717) is 18.7 Å². The summed E-state index contributed by atoms with van der Waals surface area (Å²) in [5, 5.41) is 19.5. The van der Waals surface area contributed by atoms with E-state index in [2.05, 4.69) is 15.5 Å². The number of fused-ring (bicyclic) bond motifs is 1. The van der Waals surface area contributed by atoms with Crippen LogP contribution in [0.2, 0.25) is 0 Å². The maximum Gasteiger partial charge on any atom is 0.491 e. The van der Waals surface area contributed by atoms with Crippen LogP contribution in [0.3, 0.4) is 0 Å². The summed E-state index contributed by atoms with van der Waals surface area (Å²) in [4.78, 5) is 12.2. The maximum absolute atomic E-state index is 12.2. The fourth-order valence-electron chi connectivity index (χ4n) is 2.35. The van der Waals surface area contributed by atoms with Crippen LogP contribution >= 0.6 is 0 Å². The summed E-state index contributed by atoms with van der Waals surface area (Å²) in [6, 6.07) is 5.17. The van der Waals surface area contributed by atoms with E-state index >= 15 is 0 Å². The molecule has 6 nitrogen and oxygen atoms in total. The Morgan fingerprint density at radius 2 is 2.33 bits per heavy atom. The third-order valence-corrected chi connectivity index (χ3v) is 3.84. The second-order valence-corrected chi connectivity index (χ2v) is 5.18. The first-order valence-electron chi connectivity index (χ1n) is 6.77. The van der Waals surface area contributed by atoms with Crippen LogP contribution in [0.1, 0.15) is 32.9 Å². The molecule has 1 aliphatic heterocycles. The largest absolute Gasteiger partial charge is 0.491 e. The normalized spacial score (nSPS) is 13.4. The first kappa shape index (κ1) is 13.8. The fraction of sp³-hybridized carbons (Fsp3) is 0.286. The van der Waals surface area contributed by atoms with Gasteiger partial charge in [-0.2, -0.15) is 5.10 Å². The Balaban J connectivity index is 1.70. The van der Waals surface area contributed by atoms with Gasteiger partial charge < -0.3 is 15.0 Å². The lowest BCUT2D eigenvalue weighted by Crippen LogP contribution is -2.29. The van der Waals surface area contributed by atoms with Crippen LogP contribution in [0.4, 0.5) is 0 Å². The Bertz CT molecular complexity index is 699. The van der Waals surface area contributed by atoms with Gasteiger partial charge in [-0.05, 0) is 42.6 Å². The molecule has 1 aromatic carbocycles. The van der Waals surface area contributed by atoms with E-state index in [0.717, 1.165) is 28.0 Å². The summed E-state index contributed by atoms with van der Waals surface area (Å²) in [6.45, 7) is 4.62. The highest BCUT2D eigenvalue weighted by Crippen LogP contribution is 2.12. The summed E-state index contributed by atoms with van der Waals surface area (Å²) >= 11 is 0. The molecule has 0 radical (unpaired) electrons. The predicted molar refractivity (Wildman–Crippen MR) is 78.1 cm³/mol. The molecule has 0 fully saturated rings. The number of nitrogens with one attached hydrogen (secondary N) is 2. The Labute approximate surface area is 122 Å². The molecule has 1 amide bonds. The molecule has 3 N–H and O–H groups in total. The number of aromatic amines is 1. The zero-order valence-electron chi connectivity index (χ0n) is 11.9. The average molecular weight is 285 g/mol. The van der Waals surface area contributed by atoms with Crippen molar-refractivity contribution in [1.29, 1.82) is 0 Å². The number of carbonyl (C=O) groups excluding carboxylic acids is 1. The average Bonchev–Trinajstić information content (AvgIpc) is 3.01. The molecule has 0 saturated carbocycles. The molecule has 0 bridgehead atoms. The number of hydrogen-bond donors (Lipinski definition) is 3. The molecule has 7 heteroatoms. The second kappa shape index (κ2) is 5.35. The number of H-pyrrole nitrogens is 1. The summed E-state index contributed by atoms with van der Waals surface area (Å²) in [5.41, 5.74) is 5.02. The maximum atomic E-state index is 12.2. The van der Waals surface area contributed by atoms with Gasteiger partial charge in [0.2, 0.25) is 0 Å². The van der Waals surface area contributed by atoms with E-state index < -0.39 is 7.12 Å². The highest BCUT2D eigenvalue weighted by molar-refractivity contribution is 6.61. The van der Waals surface area contributed by atoms with Crippen LogP contribution in [0.25, 0.3) is 0 Å². The lowest BCUT2D eigenvalue weighted by atomic mass is 9.79. The molecule has 2 heterocycles. The lowest BCUT2D eigenvalue weighted by Gasteiger charge is -2.06. The number of rotatable bonds is 3. The molecule has 0 atom stereocenters. The first-order valence-corrected chi connectivity index (χ1v) is 6.77.